The van der Waals surface area contributed by atoms with Gasteiger partial charge in [-0.15, -0.1) is 0 Å². The number of hydrogen-bond acceptors (Lipinski definition) is 3. The zero-order chi connectivity index (χ0) is 13.1. The van der Waals surface area contributed by atoms with Gasteiger partial charge in [0.1, 0.15) is 23.4 Å². The summed E-state index contributed by atoms with van der Waals surface area (Å²) in [6, 6.07) is 10.9. The van der Waals surface area contributed by atoms with Crippen LogP contribution in [0.25, 0.3) is 0 Å². The second kappa shape index (κ2) is 4.76. The minimum Gasteiger partial charge on any atom is -0.456 e. The Labute approximate surface area is 104 Å². The van der Waals surface area contributed by atoms with Crippen LogP contribution in [0.4, 0.5) is 10.1 Å². The third-order valence-corrected chi connectivity index (χ3v) is 2.48. The highest BCUT2D eigenvalue weighted by molar-refractivity contribution is 5.51. The van der Waals surface area contributed by atoms with E-state index in [2.05, 4.69) is 0 Å². The quantitative estimate of drug-likeness (QED) is 0.821. The van der Waals surface area contributed by atoms with E-state index in [0.717, 1.165) is 11.6 Å². The summed E-state index contributed by atoms with van der Waals surface area (Å²) < 4.78 is 18.6. The fourth-order valence-corrected chi connectivity index (χ4v) is 1.58. The number of nitrogens with zero attached hydrogens (tertiary/aromatic N) is 1. The van der Waals surface area contributed by atoms with Crippen LogP contribution in [0.1, 0.15) is 11.1 Å². The molecular formula is C14H11FN2O. The molecule has 18 heavy (non-hydrogen) atoms. The lowest BCUT2D eigenvalue weighted by Crippen LogP contribution is -1.93. The highest BCUT2D eigenvalue weighted by atomic mass is 19.1. The minimum absolute atomic E-state index is 0.159. The molecule has 0 fully saturated rings. The van der Waals surface area contributed by atoms with Gasteiger partial charge in [-0.2, -0.15) is 5.26 Å². The Morgan fingerprint density at radius 1 is 1.17 bits per heavy atom. The smallest absolute Gasteiger partial charge is 0.145 e. The molecule has 0 aromatic heterocycles. The van der Waals surface area contributed by atoms with E-state index in [9.17, 15) is 4.39 Å². The lowest BCUT2D eigenvalue weighted by Gasteiger charge is -2.10. The maximum atomic E-state index is 13.0. The van der Waals surface area contributed by atoms with Gasteiger partial charge in [-0.05, 0) is 48.9 Å². The molecule has 0 aliphatic rings. The van der Waals surface area contributed by atoms with Gasteiger partial charge in [0, 0.05) is 5.69 Å². The number of hydrogen-bond donors (Lipinski definition) is 1. The Morgan fingerprint density at radius 2 is 1.89 bits per heavy atom. The fourth-order valence-electron chi connectivity index (χ4n) is 1.58. The van der Waals surface area contributed by atoms with Gasteiger partial charge in [0.2, 0.25) is 0 Å². The van der Waals surface area contributed by atoms with E-state index in [1.54, 1.807) is 18.2 Å². The van der Waals surface area contributed by atoms with Crippen LogP contribution in [0.15, 0.2) is 36.4 Å². The number of halogens is 1. The molecule has 0 spiro atoms. The third kappa shape index (κ3) is 2.41. The van der Waals surface area contributed by atoms with Crippen LogP contribution in [0.5, 0.6) is 11.5 Å². The summed E-state index contributed by atoms with van der Waals surface area (Å²) in [6.07, 6.45) is 0. The molecular weight excluding hydrogens is 231 g/mol. The van der Waals surface area contributed by atoms with Gasteiger partial charge in [0.15, 0.2) is 0 Å². The van der Waals surface area contributed by atoms with Gasteiger partial charge in [-0.1, -0.05) is 0 Å². The summed E-state index contributed by atoms with van der Waals surface area (Å²) in [5.74, 6) is 0.451. The van der Waals surface area contributed by atoms with Crippen LogP contribution in [0, 0.1) is 24.1 Å². The molecule has 2 aromatic carbocycles. The Hall–Kier alpha value is -2.54. The number of nitrogens with two attached hydrogens (primary N) is 1. The van der Waals surface area contributed by atoms with Gasteiger partial charge in [0.25, 0.3) is 0 Å². The molecule has 0 atom stereocenters. The average molecular weight is 242 g/mol. The zero-order valence-electron chi connectivity index (χ0n) is 9.77. The third-order valence-electron chi connectivity index (χ3n) is 2.48. The van der Waals surface area contributed by atoms with Crippen LogP contribution in [-0.2, 0) is 0 Å². The van der Waals surface area contributed by atoms with Crippen LogP contribution in [-0.4, -0.2) is 0 Å². The topological polar surface area (TPSA) is 59.0 Å². The Bertz CT molecular complexity index is 632. The lowest BCUT2D eigenvalue weighted by atomic mass is 10.2. The monoisotopic (exact) mass is 242 g/mol. The first-order valence-corrected chi connectivity index (χ1v) is 5.34. The first kappa shape index (κ1) is 11.9. The first-order chi connectivity index (χ1) is 8.60. The Kier molecular flexibility index (Phi) is 3.16. The van der Waals surface area contributed by atoms with Gasteiger partial charge in [0.05, 0.1) is 5.56 Å². The largest absolute Gasteiger partial charge is 0.456 e. The Morgan fingerprint density at radius 3 is 2.56 bits per heavy atom. The second-order valence-corrected chi connectivity index (χ2v) is 3.88. The van der Waals surface area contributed by atoms with Crippen molar-refractivity contribution in [3.05, 3.63) is 53.3 Å². The van der Waals surface area contributed by atoms with Crippen molar-refractivity contribution < 1.29 is 9.13 Å². The van der Waals surface area contributed by atoms with Crippen molar-refractivity contribution in [1.82, 2.24) is 0 Å². The maximum Gasteiger partial charge on any atom is 0.145 e. The Balaban J connectivity index is 2.37. The maximum absolute atomic E-state index is 13.0. The molecule has 0 aliphatic carbocycles. The molecule has 0 radical (unpaired) electrons. The van der Waals surface area contributed by atoms with E-state index < -0.39 is 5.82 Å². The number of aryl methyl sites for hydroxylation is 1. The van der Waals surface area contributed by atoms with Crippen LogP contribution >= 0.6 is 0 Å². The summed E-state index contributed by atoms with van der Waals surface area (Å²) >= 11 is 0. The van der Waals surface area contributed by atoms with Gasteiger partial charge >= 0.3 is 0 Å². The SMILES string of the molecule is Cc1cc(N)ccc1Oc1ccc(F)cc1C#N. The number of benzene rings is 2. The van der Waals surface area contributed by atoms with Crippen molar-refractivity contribution in [1.29, 1.82) is 5.26 Å². The minimum atomic E-state index is -0.465. The molecule has 2 rings (SSSR count). The van der Waals surface area contributed by atoms with Crippen molar-refractivity contribution in [2.45, 2.75) is 6.92 Å². The van der Waals surface area contributed by atoms with E-state index in [-0.39, 0.29) is 5.56 Å². The summed E-state index contributed by atoms with van der Waals surface area (Å²) in [6.45, 7) is 1.85. The van der Waals surface area contributed by atoms with Crippen LogP contribution in [0.3, 0.4) is 0 Å². The number of nitriles is 1. The molecule has 2 N–H and O–H groups in total. The van der Waals surface area contributed by atoms with E-state index in [4.69, 9.17) is 15.7 Å². The van der Waals surface area contributed by atoms with Crippen LogP contribution in [0.2, 0.25) is 0 Å². The number of anilines is 1. The molecule has 3 nitrogen and oxygen atoms in total. The molecule has 0 aliphatic heterocycles. The van der Waals surface area contributed by atoms with Crippen molar-refractivity contribution in [2.24, 2.45) is 0 Å². The first-order valence-electron chi connectivity index (χ1n) is 5.34. The summed E-state index contributed by atoms with van der Waals surface area (Å²) in [7, 11) is 0. The number of ether oxygens (including phenoxy) is 1. The van der Waals surface area contributed by atoms with Gasteiger partial charge < -0.3 is 10.5 Å². The van der Waals surface area contributed by atoms with E-state index in [1.165, 1.54) is 12.1 Å². The molecule has 0 saturated carbocycles. The fraction of sp³-hybridized carbons (Fsp3) is 0.0714. The molecule has 0 amide bonds. The molecule has 0 saturated heterocycles. The number of nitrogen functional groups attached to an aromatic ring is 1. The van der Waals surface area contributed by atoms with E-state index in [1.807, 2.05) is 13.0 Å². The predicted molar refractivity (Wildman–Crippen MR) is 66.8 cm³/mol. The lowest BCUT2D eigenvalue weighted by molar-refractivity contribution is 0.475. The van der Waals surface area contributed by atoms with Crippen molar-refractivity contribution in [2.75, 3.05) is 5.73 Å². The molecule has 2 aromatic rings. The summed E-state index contributed by atoms with van der Waals surface area (Å²) in [5, 5.41) is 8.92. The summed E-state index contributed by atoms with van der Waals surface area (Å²) in [5.41, 5.74) is 7.29. The van der Waals surface area contributed by atoms with E-state index in [0.29, 0.717) is 17.2 Å². The van der Waals surface area contributed by atoms with Crippen molar-refractivity contribution in [3.8, 4) is 17.6 Å². The molecule has 4 heteroatoms. The normalized spacial score (nSPS) is 9.83. The van der Waals surface area contributed by atoms with Gasteiger partial charge in [-0.25, -0.2) is 4.39 Å². The van der Waals surface area contributed by atoms with E-state index >= 15 is 0 Å². The highest BCUT2D eigenvalue weighted by Gasteiger charge is 2.08. The average Bonchev–Trinajstić information content (AvgIpc) is 2.34. The molecule has 90 valence electrons. The van der Waals surface area contributed by atoms with Gasteiger partial charge in [-0.3, -0.25) is 0 Å². The predicted octanol–water partition coefficient (Wildman–Crippen LogP) is 3.38. The molecule has 0 heterocycles. The second-order valence-electron chi connectivity index (χ2n) is 3.88. The van der Waals surface area contributed by atoms with Crippen molar-refractivity contribution in [3.63, 3.8) is 0 Å². The molecule has 0 unspecified atom stereocenters. The van der Waals surface area contributed by atoms with Crippen LogP contribution < -0.4 is 10.5 Å². The zero-order valence-corrected chi connectivity index (χ0v) is 9.77. The highest BCUT2D eigenvalue weighted by Crippen LogP contribution is 2.29. The summed E-state index contributed by atoms with van der Waals surface area (Å²) in [4.78, 5) is 0. The van der Waals surface area contributed by atoms with Crippen molar-refractivity contribution >= 4 is 5.69 Å². The molecule has 0 bridgehead atoms. The number of rotatable bonds is 2. The standard InChI is InChI=1S/C14H11FN2O/c1-9-6-12(17)3-5-13(9)18-14-4-2-11(15)7-10(14)8-16/h2-7H,17H2,1H3.